The van der Waals surface area contributed by atoms with Crippen molar-refractivity contribution in [3.63, 3.8) is 0 Å². The van der Waals surface area contributed by atoms with Gasteiger partial charge in [0.2, 0.25) is 0 Å². The van der Waals surface area contributed by atoms with Crippen LogP contribution in [-0.2, 0) is 4.79 Å². The predicted molar refractivity (Wildman–Crippen MR) is 127 cm³/mol. The second-order valence-electron chi connectivity index (χ2n) is 13.1. The summed E-state index contributed by atoms with van der Waals surface area (Å²) in [6.07, 6.45) is 9.48. The van der Waals surface area contributed by atoms with Gasteiger partial charge in [-0.3, -0.25) is 4.79 Å². The summed E-state index contributed by atoms with van der Waals surface area (Å²) in [5.74, 6) is 1.42. The number of aliphatic hydroxyl groups excluding tert-OH is 1. The summed E-state index contributed by atoms with van der Waals surface area (Å²) in [4.78, 5) is 13.2. The Hall–Kier alpha value is -0.710. The van der Waals surface area contributed by atoms with Crippen molar-refractivity contribution in [2.75, 3.05) is 0 Å². The molecule has 4 heteroatoms. The van der Waals surface area contributed by atoms with Crippen LogP contribution in [0, 0.1) is 40.4 Å². The minimum absolute atomic E-state index is 0.104. The zero-order valence-electron chi connectivity index (χ0n) is 21.2. The summed E-state index contributed by atoms with van der Waals surface area (Å²) in [6.45, 7) is 12.8. The lowest BCUT2D eigenvalue weighted by Gasteiger charge is -2.59. The van der Waals surface area contributed by atoms with Crippen LogP contribution < -0.4 is 0 Å². The van der Waals surface area contributed by atoms with Crippen LogP contribution in [0.5, 0.6) is 0 Å². The molecule has 3 saturated carbocycles. The van der Waals surface area contributed by atoms with E-state index in [0.29, 0.717) is 18.3 Å². The number of hydrogen-bond acceptors (Lipinski definition) is 4. The van der Waals surface area contributed by atoms with E-state index in [9.17, 15) is 20.1 Å². The van der Waals surface area contributed by atoms with Gasteiger partial charge in [0.1, 0.15) is 0 Å². The van der Waals surface area contributed by atoms with Crippen molar-refractivity contribution in [2.24, 2.45) is 40.4 Å². The summed E-state index contributed by atoms with van der Waals surface area (Å²) in [5.41, 5.74) is -0.874. The molecule has 9 atom stereocenters. The highest BCUT2D eigenvalue weighted by Crippen LogP contribution is 2.68. The molecule has 3 N–H and O–H groups in total. The van der Waals surface area contributed by atoms with Crippen LogP contribution in [0.3, 0.4) is 0 Å². The molecule has 0 aliphatic heterocycles. The molecule has 32 heavy (non-hydrogen) atoms. The lowest BCUT2D eigenvalue weighted by Crippen LogP contribution is -2.59. The smallest absolute Gasteiger partial charge is 0.159 e. The van der Waals surface area contributed by atoms with Gasteiger partial charge in [-0.25, -0.2) is 0 Å². The Balaban J connectivity index is 1.59. The monoisotopic (exact) mass is 446 g/mol. The van der Waals surface area contributed by atoms with Crippen LogP contribution in [0.25, 0.3) is 0 Å². The number of aliphatic hydroxyl groups is 3. The zero-order valence-corrected chi connectivity index (χ0v) is 21.2. The maximum atomic E-state index is 13.2. The fourth-order valence-electron chi connectivity index (χ4n) is 8.34. The van der Waals surface area contributed by atoms with Crippen molar-refractivity contribution in [1.82, 2.24) is 0 Å². The molecule has 0 aromatic heterocycles. The molecule has 0 bridgehead atoms. The van der Waals surface area contributed by atoms with E-state index in [1.807, 2.05) is 19.9 Å². The van der Waals surface area contributed by atoms with Crippen molar-refractivity contribution >= 4 is 5.78 Å². The highest BCUT2D eigenvalue weighted by atomic mass is 16.3. The third-order valence-corrected chi connectivity index (χ3v) is 11.1. The van der Waals surface area contributed by atoms with Gasteiger partial charge in [0.05, 0.1) is 17.3 Å². The normalized spacial score (nSPS) is 46.0. The van der Waals surface area contributed by atoms with Crippen LogP contribution in [0.2, 0.25) is 0 Å². The molecule has 4 aliphatic carbocycles. The maximum absolute atomic E-state index is 13.2. The Morgan fingerprint density at radius 2 is 1.75 bits per heavy atom. The molecule has 3 fully saturated rings. The van der Waals surface area contributed by atoms with E-state index in [1.165, 1.54) is 0 Å². The van der Waals surface area contributed by atoms with Gasteiger partial charge in [0.25, 0.3) is 0 Å². The van der Waals surface area contributed by atoms with Gasteiger partial charge in [0, 0.05) is 11.3 Å². The fraction of sp³-hybridized carbons (Fsp3) is 0.893. The standard InChI is InChI=1S/C28H46O4/c1-17(7-8-18(2)25(3,4)31)20-11-14-28(32)22-16-24(30)23-15-19(29)9-12-26(23,5)21(22)10-13-27(20,28)6/h16-21,23,29,31-32H,7-15H2,1-6H3/t17-,18+,19+,20-,21+,23-,26-,27-,28-/m1/s1. The van der Waals surface area contributed by atoms with Gasteiger partial charge < -0.3 is 15.3 Å². The molecule has 0 heterocycles. The van der Waals surface area contributed by atoms with Crippen LogP contribution in [-0.4, -0.2) is 38.4 Å². The SMILES string of the molecule is C[C@H](CC[C@H](C)C(C)(C)O)[C@H]1CC[C@@]2(O)C3=CC(=O)[C@H]4C[C@@H](O)CC[C@]4(C)[C@H]3CC[C@]12C. The summed E-state index contributed by atoms with van der Waals surface area (Å²) >= 11 is 0. The Kier molecular flexibility index (Phi) is 6.04. The molecule has 0 amide bonds. The summed E-state index contributed by atoms with van der Waals surface area (Å²) < 4.78 is 0. The first-order valence-electron chi connectivity index (χ1n) is 13.1. The van der Waals surface area contributed by atoms with Crippen LogP contribution in [0.15, 0.2) is 11.6 Å². The third kappa shape index (κ3) is 3.55. The van der Waals surface area contributed by atoms with Crippen molar-refractivity contribution in [2.45, 2.75) is 117 Å². The van der Waals surface area contributed by atoms with Gasteiger partial charge >= 0.3 is 0 Å². The van der Waals surface area contributed by atoms with E-state index < -0.39 is 11.2 Å². The second kappa shape index (κ2) is 7.92. The van der Waals surface area contributed by atoms with Crippen molar-refractivity contribution in [3.05, 3.63) is 11.6 Å². The Morgan fingerprint density at radius 1 is 1.06 bits per heavy atom. The quantitative estimate of drug-likeness (QED) is 0.553. The van der Waals surface area contributed by atoms with Crippen LogP contribution in [0.4, 0.5) is 0 Å². The van der Waals surface area contributed by atoms with E-state index in [2.05, 4.69) is 27.7 Å². The van der Waals surface area contributed by atoms with Gasteiger partial charge in [0.15, 0.2) is 5.78 Å². The molecular weight excluding hydrogens is 400 g/mol. The Morgan fingerprint density at radius 3 is 2.41 bits per heavy atom. The number of carbonyl (C=O) groups is 1. The summed E-state index contributed by atoms with van der Waals surface area (Å²) in [5, 5.41) is 32.8. The molecule has 0 aromatic rings. The first-order chi connectivity index (χ1) is 14.7. The largest absolute Gasteiger partial charge is 0.393 e. The van der Waals surface area contributed by atoms with Gasteiger partial charge in [-0.1, -0.05) is 34.1 Å². The van der Waals surface area contributed by atoms with Gasteiger partial charge in [-0.15, -0.1) is 0 Å². The van der Waals surface area contributed by atoms with E-state index in [0.717, 1.165) is 56.9 Å². The zero-order chi connectivity index (χ0) is 23.7. The number of fused-ring (bicyclic) bond motifs is 5. The molecule has 182 valence electrons. The minimum Gasteiger partial charge on any atom is -0.393 e. The van der Waals surface area contributed by atoms with E-state index >= 15 is 0 Å². The Bertz CT molecular complexity index is 781. The summed E-state index contributed by atoms with van der Waals surface area (Å²) in [6, 6.07) is 0. The molecule has 4 rings (SSSR count). The van der Waals surface area contributed by atoms with Crippen LogP contribution in [0.1, 0.15) is 99.3 Å². The molecule has 0 spiro atoms. The maximum Gasteiger partial charge on any atom is 0.159 e. The number of allylic oxidation sites excluding steroid dienone is 1. The molecule has 4 aliphatic rings. The molecule has 0 unspecified atom stereocenters. The van der Waals surface area contributed by atoms with Crippen molar-refractivity contribution in [3.8, 4) is 0 Å². The number of ketones is 1. The third-order valence-electron chi connectivity index (χ3n) is 11.1. The highest BCUT2D eigenvalue weighted by Gasteiger charge is 2.66. The topological polar surface area (TPSA) is 77.8 Å². The molecule has 0 aromatic carbocycles. The number of hydrogen-bond donors (Lipinski definition) is 3. The van der Waals surface area contributed by atoms with Gasteiger partial charge in [-0.05, 0) is 106 Å². The lowest BCUT2D eigenvalue weighted by atomic mass is 9.46. The summed E-state index contributed by atoms with van der Waals surface area (Å²) in [7, 11) is 0. The van der Waals surface area contributed by atoms with E-state index in [1.54, 1.807) is 0 Å². The van der Waals surface area contributed by atoms with Crippen molar-refractivity contribution in [1.29, 1.82) is 0 Å². The average molecular weight is 447 g/mol. The fourth-order valence-corrected chi connectivity index (χ4v) is 8.34. The molecule has 0 saturated heterocycles. The van der Waals surface area contributed by atoms with Gasteiger partial charge in [-0.2, -0.15) is 0 Å². The van der Waals surface area contributed by atoms with Crippen molar-refractivity contribution < 1.29 is 20.1 Å². The minimum atomic E-state index is -0.892. The molecular formula is C28H46O4. The van der Waals surface area contributed by atoms with Crippen LogP contribution >= 0.6 is 0 Å². The molecule has 0 radical (unpaired) electrons. The van der Waals surface area contributed by atoms with E-state index in [-0.39, 0.29) is 40.5 Å². The number of carbonyl (C=O) groups excluding carboxylic acids is 1. The first-order valence-corrected chi connectivity index (χ1v) is 13.1. The predicted octanol–water partition coefficient (Wildman–Crippen LogP) is 5.04. The second-order valence-corrected chi connectivity index (χ2v) is 13.1. The number of rotatable bonds is 5. The average Bonchev–Trinajstić information content (AvgIpc) is 2.98. The Labute approximate surface area is 194 Å². The lowest BCUT2D eigenvalue weighted by molar-refractivity contribution is -0.141. The highest BCUT2D eigenvalue weighted by molar-refractivity contribution is 5.95. The molecule has 4 nitrogen and oxygen atoms in total. The van der Waals surface area contributed by atoms with E-state index in [4.69, 9.17) is 0 Å². The first kappa shape index (κ1) is 24.4.